The lowest BCUT2D eigenvalue weighted by atomic mass is 9.86. The molecule has 10 heteroatoms. The van der Waals surface area contributed by atoms with Gasteiger partial charge in [0.2, 0.25) is 0 Å². The number of aromatic nitrogens is 10. The van der Waals surface area contributed by atoms with Gasteiger partial charge in [-0.1, -0.05) is 62.3 Å². The molecule has 0 unspecified atom stereocenters. The summed E-state index contributed by atoms with van der Waals surface area (Å²) in [5.74, 6) is 0.994. The fourth-order valence-electron chi connectivity index (χ4n) is 5.75. The zero-order chi connectivity index (χ0) is 31.9. The number of hydrogen-bond acceptors (Lipinski definition) is 7. The first-order valence-corrected chi connectivity index (χ1v) is 14.7. The van der Waals surface area contributed by atoms with Crippen molar-refractivity contribution in [3.05, 3.63) is 83.4 Å². The molecule has 0 saturated carbocycles. The van der Waals surface area contributed by atoms with Crippen molar-refractivity contribution in [2.24, 2.45) is 0 Å². The third kappa shape index (κ3) is 6.58. The fourth-order valence-corrected chi connectivity index (χ4v) is 5.75. The number of imidazole rings is 2. The first kappa shape index (κ1) is 31.7. The maximum Gasteiger partial charge on any atom is 0.167 e. The summed E-state index contributed by atoms with van der Waals surface area (Å²) in [6.07, 6.45) is 12.8. The Morgan fingerprint density at radius 2 is 1.00 bits per heavy atom. The summed E-state index contributed by atoms with van der Waals surface area (Å²) in [6.45, 7) is 27.7. The van der Waals surface area contributed by atoms with Gasteiger partial charge < -0.3 is 0 Å². The molecule has 10 nitrogen and oxygen atoms in total. The first-order chi connectivity index (χ1) is 19.9. The molecule has 6 heterocycles. The molecule has 228 valence electrons. The minimum absolute atomic E-state index is 0.0482. The summed E-state index contributed by atoms with van der Waals surface area (Å²) in [5, 5.41) is 8.01. The van der Waals surface area contributed by atoms with Crippen LogP contribution in [0.25, 0.3) is 16.9 Å². The van der Waals surface area contributed by atoms with Gasteiger partial charge >= 0.3 is 0 Å². The molecular formula is C33H46N10. The van der Waals surface area contributed by atoms with Crippen molar-refractivity contribution in [2.75, 3.05) is 0 Å². The molecule has 0 aliphatic heterocycles. The average molecular weight is 583 g/mol. The molecule has 0 radical (unpaired) electrons. The van der Waals surface area contributed by atoms with E-state index >= 15 is 0 Å². The quantitative estimate of drug-likeness (QED) is 0.196. The highest BCUT2D eigenvalue weighted by atomic mass is 15.2. The van der Waals surface area contributed by atoms with Gasteiger partial charge in [0.25, 0.3) is 0 Å². The Morgan fingerprint density at radius 3 is 1.58 bits per heavy atom. The summed E-state index contributed by atoms with van der Waals surface area (Å²) in [6, 6.07) is 0. The van der Waals surface area contributed by atoms with E-state index in [0.717, 1.165) is 45.4 Å². The Bertz CT molecular complexity index is 1780. The van der Waals surface area contributed by atoms with Gasteiger partial charge in [0.15, 0.2) is 5.65 Å². The number of aryl methyl sites for hydroxylation is 4. The van der Waals surface area contributed by atoms with Gasteiger partial charge in [-0.25, -0.2) is 24.9 Å². The van der Waals surface area contributed by atoms with Crippen molar-refractivity contribution in [2.45, 2.75) is 106 Å². The Morgan fingerprint density at radius 1 is 0.512 bits per heavy atom. The van der Waals surface area contributed by atoms with Crippen LogP contribution in [0.5, 0.6) is 0 Å². The largest absolute Gasteiger partial charge is 0.290 e. The van der Waals surface area contributed by atoms with E-state index in [1.54, 1.807) is 12.7 Å². The van der Waals surface area contributed by atoms with Gasteiger partial charge in [0.05, 0.1) is 0 Å². The van der Waals surface area contributed by atoms with Gasteiger partial charge in [-0.15, -0.1) is 10.2 Å². The molecule has 0 aliphatic rings. The second-order valence-electron chi connectivity index (χ2n) is 14.1. The molecule has 0 atom stereocenters. The monoisotopic (exact) mass is 582 g/mol. The van der Waals surface area contributed by atoms with Crippen molar-refractivity contribution < 1.29 is 0 Å². The highest BCUT2D eigenvalue weighted by molar-refractivity contribution is 5.54. The maximum atomic E-state index is 4.56. The van der Waals surface area contributed by atoms with Crippen LogP contribution in [-0.4, -0.2) is 48.3 Å². The maximum absolute atomic E-state index is 4.56. The second-order valence-corrected chi connectivity index (χ2v) is 14.1. The van der Waals surface area contributed by atoms with Crippen LogP contribution >= 0.6 is 0 Å². The molecule has 6 rings (SSSR count). The third-order valence-electron chi connectivity index (χ3n) is 7.32. The van der Waals surface area contributed by atoms with Gasteiger partial charge in [-0.3, -0.25) is 13.2 Å². The van der Waals surface area contributed by atoms with Crippen LogP contribution in [0.2, 0.25) is 0 Å². The predicted molar refractivity (Wildman–Crippen MR) is 172 cm³/mol. The molecule has 0 saturated heterocycles. The van der Waals surface area contributed by atoms with Gasteiger partial charge in [0.1, 0.15) is 36.1 Å². The fraction of sp³-hybridized carbons (Fsp3) is 0.485. The highest BCUT2D eigenvalue weighted by Gasteiger charge is 2.24. The third-order valence-corrected chi connectivity index (χ3v) is 7.32. The summed E-state index contributed by atoms with van der Waals surface area (Å²) in [4.78, 5) is 22.1. The van der Waals surface area contributed by atoms with E-state index in [-0.39, 0.29) is 16.2 Å². The van der Waals surface area contributed by atoms with E-state index < -0.39 is 0 Å². The molecule has 0 fully saturated rings. The van der Waals surface area contributed by atoms with Crippen LogP contribution in [0, 0.1) is 27.7 Å². The van der Waals surface area contributed by atoms with Crippen molar-refractivity contribution >= 4 is 16.9 Å². The number of nitrogens with zero attached hydrogens (tertiary/aromatic N) is 10. The molecule has 0 spiro atoms. The molecule has 0 aliphatic carbocycles. The van der Waals surface area contributed by atoms with Crippen LogP contribution < -0.4 is 0 Å². The molecule has 6 aromatic rings. The average Bonchev–Trinajstić information content (AvgIpc) is 3.62. The first-order valence-electron chi connectivity index (χ1n) is 14.7. The molecular weight excluding hydrogens is 536 g/mol. The minimum atomic E-state index is 0.0482. The van der Waals surface area contributed by atoms with Crippen molar-refractivity contribution in [3.8, 4) is 0 Å². The zero-order valence-corrected chi connectivity index (χ0v) is 28.0. The summed E-state index contributed by atoms with van der Waals surface area (Å²) in [5.41, 5.74) is 9.98. The molecule has 6 aromatic heterocycles. The number of hydrogen-bond donors (Lipinski definition) is 0. The molecule has 0 bridgehead atoms. The van der Waals surface area contributed by atoms with E-state index in [1.165, 1.54) is 11.1 Å². The Balaban J connectivity index is 0.000000148. The second kappa shape index (κ2) is 11.5. The lowest BCUT2D eigenvalue weighted by Gasteiger charge is -2.22. The standard InChI is InChI=1S/C12H17N3.C11H15N3.C10H14N4/c1-8-10(12(3,4)5)11-13-6-7-15(11)9(2)14-8;1-8-9(11(2,3)4)10-12-5-6-14(10)7-13-8;1-7-8(10(2,3)4)9-13-12-6-14(9)5-11-7/h6-7H,1-5H3;5-7H,1-4H3;5-6H,1-4H3. The van der Waals surface area contributed by atoms with E-state index in [0.29, 0.717) is 0 Å². The Kier molecular flexibility index (Phi) is 8.46. The van der Waals surface area contributed by atoms with E-state index in [4.69, 9.17) is 0 Å². The summed E-state index contributed by atoms with van der Waals surface area (Å²) >= 11 is 0. The number of fused-ring (bicyclic) bond motifs is 3. The van der Waals surface area contributed by atoms with Crippen LogP contribution in [0.4, 0.5) is 0 Å². The SMILES string of the molecule is Cc1nc(C)n2ccnc2c1C(C)(C)C.Cc1ncn2ccnc2c1C(C)(C)C.Cc1ncn2cnnc2c1C(C)(C)C. The van der Waals surface area contributed by atoms with Crippen LogP contribution in [0.1, 0.15) is 102 Å². The summed E-state index contributed by atoms with van der Waals surface area (Å²) in [7, 11) is 0. The Labute approximate surface area is 254 Å². The van der Waals surface area contributed by atoms with Crippen molar-refractivity contribution in [3.63, 3.8) is 0 Å². The predicted octanol–water partition coefficient (Wildman–Crippen LogP) is 6.71. The van der Waals surface area contributed by atoms with E-state index in [2.05, 4.69) is 104 Å². The van der Waals surface area contributed by atoms with E-state index in [1.807, 2.05) is 65.1 Å². The molecule has 43 heavy (non-hydrogen) atoms. The molecule has 0 amide bonds. The Hall–Kier alpha value is -4.21. The molecule has 0 aromatic carbocycles. The highest BCUT2D eigenvalue weighted by Crippen LogP contribution is 2.29. The molecule has 0 N–H and O–H groups in total. The zero-order valence-electron chi connectivity index (χ0n) is 28.0. The van der Waals surface area contributed by atoms with Crippen molar-refractivity contribution in [1.82, 2.24) is 48.3 Å². The normalized spacial score (nSPS) is 12.3. The van der Waals surface area contributed by atoms with Crippen LogP contribution in [0.15, 0.2) is 43.8 Å². The van der Waals surface area contributed by atoms with Gasteiger partial charge in [-0.05, 0) is 43.9 Å². The topological polar surface area (TPSA) is 103 Å². The van der Waals surface area contributed by atoms with E-state index in [9.17, 15) is 0 Å². The lowest BCUT2D eigenvalue weighted by molar-refractivity contribution is 0.581. The summed E-state index contributed by atoms with van der Waals surface area (Å²) < 4.78 is 5.87. The lowest BCUT2D eigenvalue weighted by Crippen LogP contribution is -2.17. The van der Waals surface area contributed by atoms with Gasteiger partial charge in [-0.2, -0.15) is 0 Å². The van der Waals surface area contributed by atoms with Crippen LogP contribution in [-0.2, 0) is 16.2 Å². The minimum Gasteiger partial charge on any atom is -0.290 e. The van der Waals surface area contributed by atoms with Crippen LogP contribution in [0.3, 0.4) is 0 Å². The van der Waals surface area contributed by atoms with Gasteiger partial charge in [0, 0.05) is 58.6 Å². The van der Waals surface area contributed by atoms with Crippen molar-refractivity contribution in [1.29, 1.82) is 0 Å². The smallest absolute Gasteiger partial charge is 0.167 e. The number of rotatable bonds is 0.